The van der Waals surface area contributed by atoms with Gasteiger partial charge in [0.25, 0.3) is 5.91 Å². The van der Waals surface area contributed by atoms with Crippen molar-refractivity contribution in [2.45, 2.75) is 47.6 Å². The Morgan fingerprint density at radius 1 is 1.09 bits per heavy atom. The van der Waals surface area contributed by atoms with Crippen LogP contribution in [-0.4, -0.2) is 28.2 Å². The fraction of sp³-hybridized carbons (Fsp3) is 0.320. The van der Waals surface area contributed by atoms with Crippen molar-refractivity contribution in [1.82, 2.24) is 15.1 Å². The molecule has 1 amide bonds. The van der Waals surface area contributed by atoms with Gasteiger partial charge in [-0.1, -0.05) is 18.2 Å². The number of nitrogens with one attached hydrogen (secondary N) is 2. The number of aryl methyl sites for hydroxylation is 4. The topological polar surface area (TPSA) is 71.3 Å². The predicted molar refractivity (Wildman–Crippen MR) is 135 cm³/mol. The van der Waals surface area contributed by atoms with Crippen molar-refractivity contribution in [2.24, 2.45) is 4.99 Å². The lowest BCUT2D eigenvalue weighted by molar-refractivity contribution is 0.0976. The number of hydrogen-bond acceptors (Lipinski definition) is 3. The Bertz CT molecular complexity index is 1130. The van der Waals surface area contributed by atoms with Gasteiger partial charge in [-0.05, 0) is 97.9 Å². The molecule has 0 radical (unpaired) electrons. The van der Waals surface area contributed by atoms with Gasteiger partial charge < -0.3 is 5.32 Å². The van der Waals surface area contributed by atoms with Crippen molar-refractivity contribution in [3.63, 3.8) is 0 Å². The molecule has 0 aliphatic carbocycles. The molecule has 7 heteroatoms. The number of anilines is 1. The molecule has 0 fully saturated rings. The average Bonchev–Trinajstić information content (AvgIpc) is 3.00. The average molecular weight is 496 g/mol. The van der Waals surface area contributed by atoms with Crippen molar-refractivity contribution in [3.05, 3.63) is 80.6 Å². The lowest BCUT2D eigenvalue weighted by Gasteiger charge is -2.14. The van der Waals surface area contributed by atoms with Crippen LogP contribution in [0.2, 0.25) is 0 Å². The first kappa shape index (κ1) is 23.7. The molecule has 2 N–H and O–H groups in total. The minimum absolute atomic E-state index is 0.223. The third-order valence-electron chi connectivity index (χ3n) is 5.30. The maximum atomic E-state index is 12.9. The highest BCUT2D eigenvalue weighted by Crippen LogP contribution is 2.17. The van der Waals surface area contributed by atoms with Crippen LogP contribution in [0.25, 0.3) is 0 Å². The highest BCUT2D eigenvalue weighted by atomic mass is 79.9. The minimum Gasteiger partial charge on any atom is -0.326 e. The third kappa shape index (κ3) is 5.85. The number of benzene rings is 2. The van der Waals surface area contributed by atoms with E-state index in [-0.39, 0.29) is 5.91 Å². The summed E-state index contributed by atoms with van der Waals surface area (Å²) in [6.45, 7) is 11.7. The van der Waals surface area contributed by atoms with Crippen molar-refractivity contribution in [3.8, 4) is 0 Å². The summed E-state index contributed by atoms with van der Waals surface area (Å²) in [5, 5.41) is 10.8. The third-order valence-corrected chi connectivity index (χ3v) is 5.99. The second kappa shape index (κ2) is 10.6. The second-order valence-corrected chi connectivity index (χ2v) is 8.74. The molecule has 0 aliphatic rings. The standard InChI is InChI=1S/C25H30BrN5O/c1-6-31-19(5)21(18(4)30-31)11-12-27-25(28-20-14-16(2)13-17(3)15-20)29-24(32)22-9-7-8-10-23(22)26/h7-10,13-15H,6,11-12H2,1-5H3,(H2,27,28,29,32). The lowest BCUT2D eigenvalue weighted by Crippen LogP contribution is -2.36. The van der Waals surface area contributed by atoms with E-state index in [1.54, 1.807) is 6.07 Å². The van der Waals surface area contributed by atoms with E-state index in [4.69, 9.17) is 4.99 Å². The number of rotatable bonds is 6. The van der Waals surface area contributed by atoms with E-state index in [0.29, 0.717) is 18.1 Å². The predicted octanol–water partition coefficient (Wildman–Crippen LogP) is 5.34. The number of amides is 1. The second-order valence-electron chi connectivity index (χ2n) is 7.88. The fourth-order valence-corrected chi connectivity index (χ4v) is 4.26. The molecule has 0 saturated carbocycles. The van der Waals surface area contributed by atoms with Crippen LogP contribution in [0.1, 0.15) is 45.4 Å². The Hall–Kier alpha value is -2.93. The minimum atomic E-state index is -0.223. The fourth-order valence-electron chi connectivity index (χ4n) is 3.80. The largest absolute Gasteiger partial charge is 0.326 e. The highest BCUT2D eigenvalue weighted by Gasteiger charge is 2.14. The Balaban J connectivity index is 1.83. The molecule has 1 aromatic heterocycles. The van der Waals surface area contributed by atoms with Gasteiger partial charge in [0, 0.05) is 28.9 Å². The van der Waals surface area contributed by atoms with Crippen molar-refractivity contribution in [2.75, 3.05) is 11.9 Å². The molecule has 0 bridgehead atoms. The summed E-state index contributed by atoms with van der Waals surface area (Å²) in [5.41, 5.74) is 7.13. The molecular weight excluding hydrogens is 466 g/mol. The number of aliphatic imine (C=N–C) groups is 1. The Morgan fingerprint density at radius 2 is 1.78 bits per heavy atom. The van der Waals surface area contributed by atoms with Gasteiger partial charge in [-0.15, -0.1) is 0 Å². The summed E-state index contributed by atoms with van der Waals surface area (Å²) in [5.74, 6) is 0.202. The van der Waals surface area contributed by atoms with E-state index >= 15 is 0 Å². The van der Waals surface area contributed by atoms with Crippen LogP contribution in [0, 0.1) is 27.7 Å². The summed E-state index contributed by atoms with van der Waals surface area (Å²) in [6.07, 6.45) is 0.751. The van der Waals surface area contributed by atoms with Gasteiger partial charge in [0.1, 0.15) is 0 Å². The maximum Gasteiger partial charge on any atom is 0.259 e. The van der Waals surface area contributed by atoms with Crippen LogP contribution < -0.4 is 10.6 Å². The van der Waals surface area contributed by atoms with Crippen LogP contribution in [-0.2, 0) is 13.0 Å². The Kier molecular flexibility index (Phi) is 7.85. The van der Waals surface area contributed by atoms with Crippen LogP contribution >= 0.6 is 15.9 Å². The van der Waals surface area contributed by atoms with Gasteiger partial charge in [0.05, 0.1) is 11.3 Å². The van der Waals surface area contributed by atoms with Gasteiger partial charge in [-0.2, -0.15) is 5.10 Å². The summed E-state index contributed by atoms with van der Waals surface area (Å²) >= 11 is 3.45. The Labute approximate surface area is 198 Å². The number of hydrogen-bond donors (Lipinski definition) is 2. The first-order valence-corrected chi connectivity index (χ1v) is 11.6. The number of nitrogens with zero attached hydrogens (tertiary/aromatic N) is 3. The molecule has 0 aliphatic heterocycles. The number of carbonyl (C=O) groups is 1. The zero-order valence-corrected chi connectivity index (χ0v) is 20.9. The smallest absolute Gasteiger partial charge is 0.259 e. The van der Waals surface area contributed by atoms with Crippen LogP contribution in [0.15, 0.2) is 51.9 Å². The zero-order chi connectivity index (χ0) is 23.3. The van der Waals surface area contributed by atoms with Gasteiger partial charge in [-0.25, -0.2) is 0 Å². The summed E-state index contributed by atoms with van der Waals surface area (Å²) < 4.78 is 2.75. The van der Waals surface area contributed by atoms with Gasteiger partial charge in [0.2, 0.25) is 5.96 Å². The van der Waals surface area contributed by atoms with Crippen molar-refractivity contribution in [1.29, 1.82) is 0 Å². The van der Waals surface area contributed by atoms with E-state index in [2.05, 4.69) is 51.6 Å². The van der Waals surface area contributed by atoms with Crippen LogP contribution in [0.3, 0.4) is 0 Å². The quantitative estimate of drug-likeness (QED) is 0.358. The number of carbonyl (C=O) groups excluding carboxylic acids is 1. The molecular formula is C25H30BrN5O. The molecule has 3 aromatic rings. The monoisotopic (exact) mass is 495 g/mol. The van der Waals surface area contributed by atoms with Gasteiger partial charge in [-0.3, -0.25) is 19.8 Å². The first-order chi connectivity index (χ1) is 15.3. The molecule has 0 saturated heterocycles. The van der Waals surface area contributed by atoms with Crippen LogP contribution in [0.5, 0.6) is 0 Å². The lowest BCUT2D eigenvalue weighted by atomic mass is 10.1. The normalized spacial score (nSPS) is 11.5. The van der Waals surface area contributed by atoms with E-state index in [1.807, 2.05) is 55.8 Å². The molecule has 2 aromatic carbocycles. The van der Waals surface area contributed by atoms with Crippen LogP contribution in [0.4, 0.5) is 5.69 Å². The number of aromatic nitrogens is 2. The summed E-state index contributed by atoms with van der Waals surface area (Å²) in [4.78, 5) is 17.6. The highest BCUT2D eigenvalue weighted by molar-refractivity contribution is 9.10. The number of halogens is 1. The molecule has 32 heavy (non-hydrogen) atoms. The number of guanidine groups is 1. The SMILES string of the molecule is CCn1nc(C)c(CCN=C(NC(=O)c2ccccc2Br)Nc2cc(C)cc(C)c2)c1C. The van der Waals surface area contributed by atoms with Crippen molar-refractivity contribution < 1.29 is 4.79 Å². The molecule has 6 nitrogen and oxygen atoms in total. The molecule has 0 unspecified atom stereocenters. The summed E-state index contributed by atoms with van der Waals surface area (Å²) in [6, 6.07) is 13.5. The zero-order valence-electron chi connectivity index (χ0n) is 19.3. The van der Waals surface area contributed by atoms with E-state index in [0.717, 1.165) is 39.9 Å². The maximum absolute atomic E-state index is 12.9. The molecule has 0 atom stereocenters. The molecule has 3 rings (SSSR count). The van der Waals surface area contributed by atoms with E-state index in [1.165, 1.54) is 11.3 Å². The summed E-state index contributed by atoms with van der Waals surface area (Å²) in [7, 11) is 0. The van der Waals surface area contributed by atoms with Gasteiger partial charge in [0.15, 0.2) is 0 Å². The first-order valence-electron chi connectivity index (χ1n) is 10.8. The Morgan fingerprint density at radius 3 is 2.41 bits per heavy atom. The van der Waals surface area contributed by atoms with E-state index in [9.17, 15) is 4.79 Å². The molecule has 1 heterocycles. The molecule has 0 spiro atoms. The van der Waals surface area contributed by atoms with E-state index < -0.39 is 0 Å². The molecule has 168 valence electrons. The van der Waals surface area contributed by atoms with Gasteiger partial charge >= 0.3 is 0 Å². The van der Waals surface area contributed by atoms with Crippen molar-refractivity contribution >= 4 is 33.5 Å².